The van der Waals surface area contributed by atoms with Crippen LogP contribution in [0.15, 0.2) is 0 Å². The van der Waals surface area contributed by atoms with Crippen molar-refractivity contribution in [3.63, 3.8) is 0 Å². The van der Waals surface area contributed by atoms with Gasteiger partial charge in [0.15, 0.2) is 0 Å². The van der Waals surface area contributed by atoms with E-state index in [9.17, 15) is 0 Å². The van der Waals surface area contributed by atoms with Crippen LogP contribution in [0.5, 0.6) is 0 Å². The van der Waals surface area contributed by atoms with Crippen LogP contribution >= 0.6 is 0 Å². The summed E-state index contributed by atoms with van der Waals surface area (Å²) in [4.78, 5) is 0. The zero-order valence-corrected chi connectivity index (χ0v) is 9.84. The highest BCUT2D eigenvalue weighted by Crippen LogP contribution is 2.21. The number of hydrogen-bond donors (Lipinski definition) is 1. The Hall–Kier alpha value is -0.0800. The van der Waals surface area contributed by atoms with Crippen LogP contribution < -0.4 is 5.32 Å². The molecule has 88 valence electrons. The van der Waals surface area contributed by atoms with Gasteiger partial charge in [-0.05, 0) is 44.7 Å². The molecule has 0 amide bonds. The average Bonchev–Trinajstić information content (AvgIpc) is 2.62. The number of rotatable bonds is 4. The van der Waals surface area contributed by atoms with Crippen molar-refractivity contribution >= 4 is 0 Å². The Kier molecular flexibility index (Phi) is 4.94. The topological polar surface area (TPSA) is 21.3 Å². The van der Waals surface area contributed by atoms with Crippen LogP contribution in [-0.2, 0) is 4.74 Å². The molecule has 0 aromatic carbocycles. The van der Waals surface area contributed by atoms with Gasteiger partial charge in [0.1, 0.15) is 0 Å². The van der Waals surface area contributed by atoms with Crippen molar-refractivity contribution in [1.82, 2.24) is 5.32 Å². The molecule has 2 rings (SSSR count). The summed E-state index contributed by atoms with van der Waals surface area (Å²) in [6.45, 7) is 3.43. The van der Waals surface area contributed by atoms with Crippen molar-refractivity contribution in [3.05, 3.63) is 0 Å². The Morgan fingerprint density at radius 2 is 1.80 bits per heavy atom. The minimum absolute atomic E-state index is 0.585. The third-order valence-electron chi connectivity index (χ3n) is 3.84. The van der Waals surface area contributed by atoms with E-state index in [1.165, 1.54) is 64.5 Å². The van der Waals surface area contributed by atoms with Crippen molar-refractivity contribution in [3.8, 4) is 0 Å². The summed E-state index contributed by atoms with van der Waals surface area (Å²) >= 11 is 0. The van der Waals surface area contributed by atoms with Crippen molar-refractivity contribution in [2.45, 2.75) is 57.5 Å². The monoisotopic (exact) mass is 211 g/mol. The summed E-state index contributed by atoms with van der Waals surface area (Å²) in [6, 6.07) is 0. The molecule has 1 saturated heterocycles. The van der Waals surface area contributed by atoms with Gasteiger partial charge < -0.3 is 10.1 Å². The van der Waals surface area contributed by atoms with Crippen molar-refractivity contribution in [2.75, 3.05) is 19.7 Å². The van der Waals surface area contributed by atoms with E-state index in [1.54, 1.807) is 0 Å². The molecule has 0 aromatic rings. The standard InChI is InChI=1S/C13H25NO/c1-2-4-6-13(5-3-1)15-10-8-12-7-9-14-11-12/h12-14H,1-11H2. The molecule has 2 aliphatic rings. The highest BCUT2D eigenvalue weighted by Gasteiger charge is 2.16. The van der Waals surface area contributed by atoms with E-state index in [1.807, 2.05) is 0 Å². The molecule has 0 bridgehead atoms. The van der Waals surface area contributed by atoms with E-state index < -0.39 is 0 Å². The van der Waals surface area contributed by atoms with Crippen molar-refractivity contribution < 1.29 is 4.74 Å². The molecular weight excluding hydrogens is 186 g/mol. The molecule has 1 aliphatic carbocycles. The van der Waals surface area contributed by atoms with Crippen LogP contribution in [0.25, 0.3) is 0 Å². The largest absolute Gasteiger partial charge is 0.378 e. The molecule has 2 fully saturated rings. The van der Waals surface area contributed by atoms with Gasteiger partial charge in [-0.2, -0.15) is 0 Å². The number of hydrogen-bond acceptors (Lipinski definition) is 2. The molecule has 0 aromatic heterocycles. The van der Waals surface area contributed by atoms with Crippen LogP contribution in [0.3, 0.4) is 0 Å². The lowest BCUT2D eigenvalue weighted by molar-refractivity contribution is 0.0361. The predicted octanol–water partition coefficient (Wildman–Crippen LogP) is 2.73. The van der Waals surface area contributed by atoms with Gasteiger partial charge in [0.2, 0.25) is 0 Å². The Bertz CT molecular complexity index is 158. The molecule has 1 saturated carbocycles. The molecule has 1 atom stereocenters. The predicted molar refractivity (Wildman–Crippen MR) is 63.0 cm³/mol. The fourth-order valence-electron chi connectivity index (χ4n) is 2.77. The zero-order chi connectivity index (χ0) is 10.3. The summed E-state index contributed by atoms with van der Waals surface area (Å²) in [5, 5.41) is 3.42. The van der Waals surface area contributed by atoms with Crippen LogP contribution in [0.2, 0.25) is 0 Å². The quantitative estimate of drug-likeness (QED) is 0.722. The lowest BCUT2D eigenvalue weighted by Gasteiger charge is -2.16. The summed E-state index contributed by atoms with van der Waals surface area (Å²) < 4.78 is 6.00. The Labute approximate surface area is 93.8 Å². The minimum Gasteiger partial charge on any atom is -0.378 e. The molecule has 1 aliphatic heterocycles. The fourth-order valence-corrected chi connectivity index (χ4v) is 2.77. The SMILES string of the molecule is C1CCCC(OCCC2CCNC2)CC1. The third kappa shape index (κ3) is 4.12. The van der Waals surface area contributed by atoms with Gasteiger partial charge in [-0.3, -0.25) is 0 Å². The molecule has 0 radical (unpaired) electrons. The minimum atomic E-state index is 0.585. The van der Waals surface area contributed by atoms with Gasteiger partial charge in [0.05, 0.1) is 6.10 Å². The molecule has 2 nitrogen and oxygen atoms in total. The summed E-state index contributed by atoms with van der Waals surface area (Å²) in [5.41, 5.74) is 0. The van der Waals surface area contributed by atoms with E-state index >= 15 is 0 Å². The summed E-state index contributed by atoms with van der Waals surface area (Å²) in [7, 11) is 0. The van der Waals surface area contributed by atoms with Gasteiger partial charge in [-0.25, -0.2) is 0 Å². The van der Waals surface area contributed by atoms with Crippen LogP contribution in [0.4, 0.5) is 0 Å². The molecule has 1 heterocycles. The molecule has 1 unspecified atom stereocenters. The number of nitrogens with one attached hydrogen (secondary N) is 1. The second-order valence-corrected chi connectivity index (χ2v) is 5.13. The van der Waals surface area contributed by atoms with Gasteiger partial charge in [-0.1, -0.05) is 25.7 Å². The van der Waals surface area contributed by atoms with Gasteiger partial charge in [0.25, 0.3) is 0 Å². The molecule has 15 heavy (non-hydrogen) atoms. The first kappa shape index (κ1) is 11.4. The Morgan fingerprint density at radius 3 is 2.47 bits per heavy atom. The smallest absolute Gasteiger partial charge is 0.0575 e. The lowest BCUT2D eigenvalue weighted by Crippen LogP contribution is -2.16. The normalized spacial score (nSPS) is 29.2. The Morgan fingerprint density at radius 1 is 1.00 bits per heavy atom. The maximum Gasteiger partial charge on any atom is 0.0575 e. The summed E-state index contributed by atoms with van der Waals surface area (Å²) in [6.07, 6.45) is 11.4. The highest BCUT2D eigenvalue weighted by atomic mass is 16.5. The lowest BCUT2D eigenvalue weighted by atomic mass is 10.1. The van der Waals surface area contributed by atoms with Gasteiger partial charge in [-0.15, -0.1) is 0 Å². The fraction of sp³-hybridized carbons (Fsp3) is 1.00. The maximum absolute atomic E-state index is 6.00. The van der Waals surface area contributed by atoms with Crippen LogP contribution in [-0.4, -0.2) is 25.8 Å². The maximum atomic E-state index is 6.00. The average molecular weight is 211 g/mol. The van der Waals surface area contributed by atoms with Gasteiger partial charge >= 0.3 is 0 Å². The summed E-state index contributed by atoms with van der Waals surface area (Å²) in [5.74, 6) is 0.885. The van der Waals surface area contributed by atoms with Crippen LogP contribution in [0, 0.1) is 5.92 Å². The van der Waals surface area contributed by atoms with Crippen molar-refractivity contribution in [1.29, 1.82) is 0 Å². The first-order chi connectivity index (χ1) is 7.45. The second kappa shape index (κ2) is 6.49. The van der Waals surface area contributed by atoms with E-state index in [0.29, 0.717) is 6.10 Å². The number of ether oxygens (including phenoxy) is 1. The van der Waals surface area contributed by atoms with E-state index in [-0.39, 0.29) is 0 Å². The first-order valence-corrected chi connectivity index (χ1v) is 6.77. The molecular formula is C13H25NO. The molecule has 1 N–H and O–H groups in total. The van der Waals surface area contributed by atoms with E-state index in [2.05, 4.69) is 5.32 Å². The second-order valence-electron chi connectivity index (χ2n) is 5.13. The molecule has 2 heteroatoms. The molecule has 0 spiro atoms. The highest BCUT2D eigenvalue weighted by molar-refractivity contribution is 4.71. The third-order valence-corrected chi connectivity index (χ3v) is 3.84. The van der Waals surface area contributed by atoms with Gasteiger partial charge in [0, 0.05) is 6.61 Å². The first-order valence-electron chi connectivity index (χ1n) is 6.77. The van der Waals surface area contributed by atoms with Crippen LogP contribution in [0.1, 0.15) is 51.4 Å². The zero-order valence-electron chi connectivity index (χ0n) is 9.84. The van der Waals surface area contributed by atoms with Crippen molar-refractivity contribution in [2.24, 2.45) is 5.92 Å². The van der Waals surface area contributed by atoms with E-state index in [4.69, 9.17) is 4.74 Å². The van der Waals surface area contributed by atoms with E-state index in [0.717, 1.165) is 12.5 Å². The Balaban J connectivity index is 1.55.